The van der Waals surface area contributed by atoms with Crippen LogP contribution in [0.5, 0.6) is 0 Å². The molecular formula is C22H30N4O. The SMILES string of the molecule is CN(C)c1ccc(NC(=O)N2CCN(CCCc3ccccc3)CC2)cc1. The number of nitrogens with zero attached hydrogens (tertiary/aromatic N) is 3. The zero-order chi connectivity index (χ0) is 19.1. The van der Waals surface area contributed by atoms with Crippen LogP contribution in [0.15, 0.2) is 54.6 Å². The average Bonchev–Trinajstić information content (AvgIpc) is 2.70. The van der Waals surface area contributed by atoms with Crippen molar-refractivity contribution in [1.82, 2.24) is 9.80 Å². The number of hydrogen-bond acceptors (Lipinski definition) is 3. The minimum Gasteiger partial charge on any atom is -0.378 e. The average molecular weight is 367 g/mol. The molecule has 2 amide bonds. The zero-order valence-electron chi connectivity index (χ0n) is 16.4. The molecule has 5 heteroatoms. The first-order chi connectivity index (χ1) is 13.1. The van der Waals surface area contributed by atoms with E-state index in [9.17, 15) is 4.79 Å². The molecule has 1 fully saturated rings. The lowest BCUT2D eigenvalue weighted by Gasteiger charge is -2.34. The first-order valence-corrected chi connectivity index (χ1v) is 9.71. The number of anilines is 2. The summed E-state index contributed by atoms with van der Waals surface area (Å²) in [5.74, 6) is 0. The lowest BCUT2D eigenvalue weighted by atomic mass is 10.1. The fourth-order valence-electron chi connectivity index (χ4n) is 3.37. The van der Waals surface area contributed by atoms with E-state index in [0.29, 0.717) is 0 Å². The topological polar surface area (TPSA) is 38.8 Å². The van der Waals surface area contributed by atoms with Gasteiger partial charge in [0.05, 0.1) is 0 Å². The van der Waals surface area contributed by atoms with Crippen LogP contribution in [0.4, 0.5) is 16.2 Å². The van der Waals surface area contributed by atoms with E-state index >= 15 is 0 Å². The van der Waals surface area contributed by atoms with Crippen LogP contribution in [-0.2, 0) is 6.42 Å². The fourth-order valence-corrected chi connectivity index (χ4v) is 3.37. The lowest BCUT2D eigenvalue weighted by molar-refractivity contribution is 0.146. The molecule has 3 rings (SSSR count). The molecule has 0 unspecified atom stereocenters. The summed E-state index contributed by atoms with van der Waals surface area (Å²) in [5, 5.41) is 3.01. The number of carbonyl (C=O) groups excluding carboxylic acids is 1. The summed E-state index contributed by atoms with van der Waals surface area (Å²) in [5.41, 5.74) is 3.36. The van der Waals surface area contributed by atoms with Gasteiger partial charge in [-0.15, -0.1) is 0 Å². The monoisotopic (exact) mass is 366 g/mol. The van der Waals surface area contributed by atoms with E-state index in [1.54, 1.807) is 0 Å². The maximum atomic E-state index is 12.5. The van der Waals surface area contributed by atoms with Gasteiger partial charge in [-0.05, 0) is 49.2 Å². The number of hydrogen-bond donors (Lipinski definition) is 1. The Hall–Kier alpha value is -2.53. The summed E-state index contributed by atoms with van der Waals surface area (Å²) < 4.78 is 0. The van der Waals surface area contributed by atoms with E-state index in [1.807, 2.05) is 48.2 Å². The van der Waals surface area contributed by atoms with Gasteiger partial charge in [-0.25, -0.2) is 4.79 Å². The predicted octanol–water partition coefficient (Wildman–Crippen LogP) is 3.53. The second-order valence-corrected chi connectivity index (χ2v) is 7.29. The summed E-state index contributed by atoms with van der Waals surface area (Å²) >= 11 is 0. The summed E-state index contributed by atoms with van der Waals surface area (Å²) in [6, 6.07) is 18.6. The standard InChI is InChI=1S/C22H30N4O/c1-24(2)21-12-10-20(11-13-21)23-22(27)26-17-15-25(16-18-26)14-6-9-19-7-4-3-5-8-19/h3-5,7-8,10-13H,6,9,14-18H2,1-2H3,(H,23,27). The van der Waals surface area contributed by atoms with E-state index in [-0.39, 0.29) is 6.03 Å². The number of nitrogens with one attached hydrogen (secondary N) is 1. The molecule has 0 aromatic heterocycles. The Morgan fingerprint density at radius 2 is 1.63 bits per heavy atom. The minimum absolute atomic E-state index is 0.00320. The molecule has 2 aromatic carbocycles. The molecule has 0 saturated carbocycles. The molecule has 0 spiro atoms. The molecule has 1 N–H and O–H groups in total. The van der Waals surface area contributed by atoms with Crippen molar-refractivity contribution < 1.29 is 4.79 Å². The molecule has 1 aliphatic rings. The van der Waals surface area contributed by atoms with E-state index in [0.717, 1.165) is 56.9 Å². The number of benzene rings is 2. The van der Waals surface area contributed by atoms with Gasteiger partial charge in [0, 0.05) is 51.6 Å². The lowest BCUT2D eigenvalue weighted by Crippen LogP contribution is -2.50. The Morgan fingerprint density at radius 3 is 2.26 bits per heavy atom. The van der Waals surface area contributed by atoms with Gasteiger partial charge >= 0.3 is 6.03 Å². The molecule has 0 atom stereocenters. The van der Waals surface area contributed by atoms with Crippen LogP contribution in [0.3, 0.4) is 0 Å². The highest BCUT2D eigenvalue weighted by molar-refractivity contribution is 5.89. The van der Waals surface area contributed by atoms with Crippen LogP contribution in [0.25, 0.3) is 0 Å². The Morgan fingerprint density at radius 1 is 0.963 bits per heavy atom. The van der Waals surface area contributed by atoms with E-state index in [4.69, 9.17) is 0 Å². The normalized spacial score (nSPS) is 14.8. The summed E-state index contributed by atoms with van der Waals surface area (Å²) in [6.45, 7) is 4.56. The Balaban J connectivity index is 1.38. The van der Waals surface area contributed by atoms with Crippen LogP contribution in [0, 0.1) is 0 Å². The highest BCUT2D eigenvalue weighted by Gasteiger charge is 2.20. The number of carbonyl (C=O) groups is 1. The number of piperazine rings is 1. The smallest absolute Gasteiger partial charge is 0.321 e. The van der Waals surface area contributed by atoms with Gasteiger partial charge in [0.2, 0.25) is 0 Å². The van der Waals surface area contributed by atoms with Crippen molar-refractivity contribution in [2.24, 2.45) is 0 Å². The van der Waals surface area contributed by atoms with Gasteiger partial charge in [0.25, 0.3) is 0 Å². The third kappa shape index (κ3) is 5.73. The molecule has 0 aliphatic carbocycles. The number of amides is 2. The molecule has 5 nitrogen and oxygen atoms in total. The van der Waals surface area contributed by atoms with Gasteiger partial charge in [-0.1, -0.05) is 30.3 Å². The van der Waals surface area contributed by atoms with E-state index in [2.05, 4.69) is 40.5 Å². The van der Waals surface area contributed by atoms with Crippen LogP contribution >= 0.6 is 0 Å². The Labute approximate surface area is 162 Å². The van der Waals surface area contributed by atoms with Gasteiger partial charge in [0.1, 0.15) is 0 Å². The number of urea groups is 1. The maximum Gasteiger partial charge on any atom is 0.321 e. The molecule has 1 saturated heterocycles. The summed E-state index contributed by atoms with van der Waals surface area (Å²) in [7, 11) is 4.01. The number of rotatable bonds is 6. The Kier molecular flexibility index (Phi) is 6.71. The van der Waals surface area contributed by atoms with Crippen molar-refractivity contribution in [3.63, 3.8) is 0 Å². The van der Waals surface area contributed by atoms with Crippen LogP contribution in [0.2, 0.25) is 0 Å². The summed E-state index contributed by atoms with van der Waals surface area (Å²) in [6.07, 6.45) is 2.28. The van der Waals surface area contributed by atoms with Gasteiger partial charge in [0.15, 0.2) is 0 Å². The predicted molar refractivity (Wildman–Crippen MR) is 113 cm³/mol. The number of aryl methyl sites for hydroxylation is 1. The van der Waals surface area contributed by atoms with Gasteiger partial charge < -0.3 is 15.1 Å². The van der Waals surface area contributed by atoms with Crippen molar-refractivity contribution in [2.45, 2.75) is 12.8 Å². The summed E-state index contributed by atoms with van der Waals surface area (Å²) in [4.78, 5) is 18.9. The molecule has 27 heavy (non-hydrogen) atoms. The molecule has 0 bridgehead atoms. The third-order valence-electron chi connectivity index (χ3n) is 5.08. The quantitative estimate of drug-likeness (QED) is 0.850. The van der Waals surface area contributed by atoms with Crippen LogP contribution < -0.4 is 10.2 Å². The first-order valence-electron chi connectivity index (χ1n) is 9.71. The Bertz CT molecular complexity index is 707. The first kappa shape index (κ1) is 19.2. The van der Waals surface area contributed by atoms with Crippen LogP contribution in [0.1, 0.15) is 12.0 Å². The van der Waals surface area contributed by atoms with Gasteiger partial charge in [-0.3, -0.25) is 4.90 Å². The van der Waals surface area contributed by atoms with Gasteiger partial charge in [-0.2, -0.15) is 0 Å². The van der Waals surface area contributed by atoms with Crippen molar-refractivity contribution in [1.29, 1.82) is 0 Å². The maximum absolute atomic E-state index is 12.5. The molecular weight excluding hydrogens is 336 g/mol. The second-order valence-electron chi connectivity index (χ2n) is 7.29. The van der Waals surface area contributed by atoms with Crippen molar-refractivity contribution in [3.05, 3.63) is 60.2 Å². The second kappa shape index (κ2) is 9.42. The minimum atomic E-state index is -0.00320. The van der Waals surface area contributed by atoms with Crippen molar-refractivity contribution in [2.75, 3.05) is 57.0 Å². The van der Waals surface area contributed by atoms with Crippen LogP contribution in [-0.4, -0.2) is 62.7 Å². The molecule has 1 aliphatic heterocycles. The highest BCUT2D eigenvalue weighted by atomic mass is 16.2. The van der Waals surface area contributed by atoms with E-state index < -0.39 is 0 Å². The largest absolute Gasteiger partial charge is 0.378 e. The molecule has 2 aromatic rings. The molecule has 144 valence electrons. The van der Waals surface area contributed by atoms with E-state index in [1.165, 1.54) is 5.56 Å². The zero-order valence-corrected chi connectivity index (χ0v) is 16.4. The highest BCUT2D eigenvalue weighted by Crippen LogP contribution is 2.16. The van der Waals surface area contributed by atoms with Crippen molar-refractivity contribution in [3.8, 4) is 0 Å². The molecule has 1 heterocycles. The van der Waals surface area contributed by atoms with Crippen molar-refractivity contribution >= 4 is 17.4 Å². The molecule has 0 radical (unpaired) electrons. The third-order valence-corrected chi connectivity index (χ3v) is 5.08. The fraction of sp³-hybridized carbons (Fsp3) is 0.409.